The smallest absolute Gasteiger partial charge is 0.279 e. The van der Waals surface area contributed by atoms with E-state index in [9.17, 15) is 12.8 Å². The molecule has 0 saturated carbocycles. The van der Waals surface area contributed by atoms with Crippen LogP contribution in [0.1, 0.15) is 11.3 Å². The number of benzene rings is 1. The molecule has 0 aliphatic carbocycles. The summed E-state index contributed by atoms with van der Waals surface area (Å²) in [5.74, 6) is -0.0194. The van der Waals surface area contributed by atoms with E-state index in [0.29, 0.717) is 42.2 Å². The van der Waals surface area contributed by atoms with Crippen LogP contribution in [-0.2, 0) is 10.0 Å². The maximum atomic E-state index is 15.0. The van der Waals surface area contributed by atoms with Crippen LogP contribution >= 0.6 is 0 Å². The SMILES string of the molecule is Cc1ccnc(S(=O)(=O)Nc2ccc(-c3nc(NCCN(C)CCO)c4c(C)[nH]nc4n3)cc2F)c1. The van der Waals surface area contributed by atoms with Gasteiger partial charge in [0, 0.05) is 37.1 Å². The fourth-order valence-corrected chi connectivity index (χ4v) is 4.66. The van der Waals surface area contributed by atoms with Gasteiger partial charge in [0.2, 0.25) is 0 Å². The van der Waals surface area contributed by atoms with E-state index in [4.69, 9.17) is 5.11 Å². The van der Waals surface area contributed by atoms with E-state index >= 15 is 0 Å². The molecule has 0 unspecified atom stereocenters. The van der Waals surface area contributed by atoms with Gasteiger partial charge in [0.25, 0.3) is 10.0 Å². The fourth-order valence-electron chi connectivity index (χ4n) is 3.56. The molecule has 0 amide bonds. The predicted octanol–water partition coefficient (Wildman–Crippen LogP) is 2.31. The van der Waals surface area contributed by atoms with Crippen LogP contribution in [0, 0.1) is 19.7 Å². The normalized spacial score (nSPS) is 11.8. The summed E-state index contributed by atoms with van der Waals surface area (Å²) in [5, 5.41) is 20.0. The molecular weight excluding hydrogens is 487 g/mol. The van der Waals surface area contributed by atoms with Crippen molar-refractivity contribution in [2.45, 2.75) is 18.9 Å². The van der Waals surface area contributed by atoms with E-state index < -0.39 is 15.8 Å². The highest BCUT2D eigenvalue weighted by Crippen LogP contribution is 2.28. The number of aromatic nitrogens is 5. The number of anilines is 2. The van der Waals surface area contributed by atoms with Gasteiger partial charge >= 0.3 is 0 Å². The van der Waals surface area contributed by atoms with Crippen molar-refractivity contribution in [3.05, 3.63) is 53.6 Å². The maximum absolute atomic E-state index is 15.0. The molecule has 13 heteroatoms. The summed E-state index contributed by atoms with van der Waals surface area (Å²) in [4.78, 5) is 14.9. The molecule has 36 heavy (non-hydrogen) atoms. The molecule has 3 aromatic heterocycles. The minimum absolute atomic E-state index is 0.0679. The van der Waals surface area contributed by atoms with Crippen LogP contribution in [0.2, 0.25) is 0 Å². The molecule has 3 heterocycles. The lowest BCUT2D eigenvalue weighted by molar-refractivity contribution is 0.225. The van der Waals surface area contributed by atoms with Crippen LogP contribution < -0.4 is 10.0 Å². The minimum Gasteiger partial charge on any atom is -0.395 e. The zero-order valence-electron chi connectivity index (χ0n) is 20.1. The number of halogens is 1. The van der Waals surface area contributed by atoms with Crippen LogP contribution in [0.4, 0.5) is 15.9 Å². The molecule has 0 spiro atoms. The van der Waals surface area contributed by atoms with Crippen molar-refractivity contribution in [1.29, 1.82) is 0 Å². The van der Waals surface area contributed by atoms with Gasteiger partial charge in [0.1, 0.15) is 11.6 Å². The van der Waals surface area contributed by atoms with Gasteiger partial charge < -0.3 is 15.3 Å². The van der Waals surface area contributed by atoms with Crippen molar-refractivity contribution in [3.8, 4) is 11.4 Å². The van der Waals surface area contributed by atoms with Gasteiger partial charge in [-0.15, -0.1) is 0 Å². The van der Waals surface area contributed by atoms with Crippen molar-refractivity contribution >= 4 is 32.6 Å². The number of hydrogen-bond acceptors (Lipinski definition) is 9. The van der Waals surface area contributed by atoms with Gasteiger partial charge in [0.15, 0.2) is 16.5 Å². The highest BCUT2D eigenvalue weighted by atomic mass is 32.2. The van der Waals surface area contributed by atoms with Gasteiger partial charge in [0.05, 0.1) is 17.7 Å². The number of aryl methyl sites for hydroxylation is 2. The molecule has 0 aliphatic rings. The molecule has 4 aromatic rings. The first-order valence-electron chi connectivity index (χ1n) is 11.2. The Hall–Kier alpha value is -3.68. The molecule has 0 fully saturated rings. The maximum Gasteiger partial charge on any atom is 0.279 e. The number of likely N-dealkylation sites (N-methyl/N-ethyl adjacent to an activating group) is 1. The summed E-state index contributed by atoms with van der Waals surface area (Å²) < 4.78 is 42.5. The van der Waals surface area contributed by atoms with Crippen LogP contribution in [0.5, 0.6) is 0 Å². The lowest BCUT2D eigenvalue weighted by Crippen LogP contribution is -2.28. The Morgan fingerprint density at radius 3 is 2.67 bits per heavy atom. The predicted molar refractivity (Wildman–Crippen MR) is 135 cm³/mol. The Balaban J connectivity index is 1.61. The van der Waals surface area contributed by atoms with Gasteiger partial charge in [-0.3, -0.25) is 9.82 Å². The third-order valence-corrected chi connectivity index (χ3v) is 6.76. The summed E-state index contributed by atoms with van der Waals surface area (Å²) in [6, 6.07) is 7.09. The van der Waals surface area contributed by atoms with E-state index in [1.54, 1.807) is 13.0 Å². The largest absolute Gasteiger partial charge is 0.395 e. The molecule has 4 N–H and O–H groups in total. The second kappa shape index (κ2) is 10.5. The quantitative estimate of drug-likeness (QED) is 0.250. The fraction of sp³-hybridized carbons (Fsp3) is 0.304. The zero-order chi connectivity index (χ0) is 25.9. The Bertz CT molecular complexity index is 1490. The summed E-state index contributed by atoms with van der Waals surface area (Å²) >= 11 is 0. The third kappa shape index (κ3) is 5.58. The number of aliphatic hydroxyl groups is 1. The highest BCUT2D eigenvalue weighted by Gasteiger charge is 2.20. The zero-order valence-corrected chi connectivity index (χ0v) is 20.9. The molecular formula is C23H27FN8O3S. The van der Waals surface area contributed by atoms with Crippen LogP contribution in [0.15, 0.2) is 41.6 Å². The van der Waals surface area contributed by atoms with E-state index in [-0.39, 0.29) is 23.1 Å². The topological polar surface area (TPSA) is 149 Å². The number of fused-ring (bicyclic) bond motifs is 1. The van der Waals surface area contributed by atoms with Crippen LogP contribution in [0.3, 0.4) is 0 Å². The summed E-state index contributed by atoms with van der Waals surface area (Å²) in [7, 11) is -2.17. The molecule has 0 aliphatic heterocycles. The first-order chi connectivity index (χ1) is 17.2. The standard InChI is InChI=1S/C23H27FN8O3S/c1-14-6-7-25-19(12-14)36(34,35)31-18-5-4-16(13-17(18)24)21-27-22(26-8-9-32(3)10-11-33)20-15(2)29-30-23(20)28-21/h4-7,12-13,31,33H,8-11H2,1-3H3,(H2,26,27,28,29,30). The summed E-state index contributed by atoms with van der Waals surface area (Å²) in [6.45, 7) is 5.42. The molecule has 0 atom stereocenters. The van der Waals surface area contributed by atoms with E-state index in [1.165, 1.54) is 30.5 Å². The Labute approximate surface area is 207 Å². The molecule has 4 rings (SSSR count). The third-order valence-electron chi connectivity index (χ3n) is 5.50. The van der Waals surface area contributed by atoms with E-state index in [0.717, 1.165) is 11.1 Å². The van der Waals surface area contributed by atoms with E-state index in [1.807, 2.05) is 18.9 Å². The molecule has 0 radical (unpaired) electrons. The van der Waals surface area contributed by atoms with Crippen molar-refractivity contribution in [1.82, 2.24) is 30.0 Å². The van der Waals surface area contributed by atoms with E-state index in [2.05, 4.69) is 35.2 Å². The number of rotatable bonds is 10. The van der Waals surface area contributed by atoms with Crippen molar-refractivity contribution in [2.75, 3.05) is 43.3 Å². The number of nitrogens with one attached hydrogen (secondary N) is 3. The number of pyridine rings is 1. The van der Waals surface area contributed by atoms with Gasteiger partial charge in [-0.2, -0.15) is 13.5 Å². The second-order valence-corrected chi connectivity index (χ2v) is 10.00. The lowest BCUT2D eigenvalue weighted by Gasteiger charge is -2.16. The van der Waals surface area contributed by atoms with Gasteiger partial charge in [-0.1, -0.05) is 0 Å². The molecule has 0 saturated heterocycles. The molecule has 190 valence electrons. The van der Waals surface area contributed by atoms with Crippen molar-refractivity contribution in [3.63, 3.8) is 0 Å². The Kier molecular flexibility index (Phi) is 7.43. The highest BCUT2D eigenvalue weighted by molar-refractivity contribution is 7.92. The Morgan fingerprint density at radius 1 is 1.14 bits per heavy atom. The molecule has 11 nitrogen and oxygen atoms in total. The molecule has 1 aromatic carbocycles. The molecule has 0 bridgehead atoms. The number of sulfonamides is 1. The number of aromatic amines is 1. The monoisotopic (exact) mass is 514 g/mol. The summed E-state index contributed by atoms with van der Waals surface area (Å²) in [6.07, 6.45) is 1.38. The Morgan fingerprint density at radius 2 is 1.94 bits per heavy atom. The lowest BCUT2D eigenvalue weighted by atomic mass is 10.1. The number of aliphatic hydroxyl groups excluding tert-OH is 1. The summed E-state index contributed by atoms with van der Waals surface area (Å²) in [5.41, 5.74) is 2.05. The average molecular weight is 515 g/mol. The van der Waals surface area contributed by atoms with Crippen molar-refractivity contribution < 1.29 is 17.9 Å². The average Bonchev–Trinajstić information content (AvgIpc) is 3.21. The van der Waals surface area contributed by atoms with Crippen molar-refractivity contribution in [2.24, 2.45) is 0 Å². The number of nitrogens with zero attached hydrogens (tertiary/aromatic N) is 5. The minimum atomic E-state index is -4.07. The first-order valence-corrected chi connectivity index (χ1v) is 12.7. The van der Waals surface area contributed by atoms with Crippen LogP contribution in [0.25, 0.3) is 22.4 Å². The van der Waals surface area contributed by atoms with Crippen LogP contribution in [-0.4, -0.2) is 76.9 Å². The van der Waals surface area contributed by atoms with Gasteiger partial charge in [-0.25, -0.2) is 19.3 Å². The van der Waals surface area contributed by atoms with Gasteiger partial charge in [-0.05, 0) is 56.8 Å². The number of hydrogen-bond donors (Lipinski definition) is 4. The second-order valence-electron chi connectivity index (χ2n) is 8.37. The number of H-pyrrole nitrogens is 1. The first kappa shape index (κ1) is 25.4.